The van der Waals surface area contributed by atoms with Crippen molar-refractivity contribution in [2.24, 2.45) is 5.73 Å². The lowest BCUT2D eigenvalue weighted by Crippen LogP contribution is -2.14. The molecule has 0 radical (unpaired) electrons. The van der Waals surface area contributed by atoms with Crippen LogP contribution in [0.2, 0.25) is 5.02 Å². The van der Waals surface area contributed by atoms with Crippen LogP contribution in [0.5, 0.6) is 0 Å². The quantitative estimate of drug-likeness (QED) is 0.883. The molecule has 0 aliphatic heterocycles. The predicted octanol–water partition coefficient (Wildman–Crippen LogP) is 3.81. The highest BCUT2D eigenvalue weighted by Crippen LogP contribution is 2.27. The van der Waals surface area contributed by atoms with Crippen LogP contribution >= 0.6 is 11.6 Å². The van der Waals surface area contributed by atoms with E-state index in [4.69, 9.17) is 17.3 Å². The Morgan fingerprint density at radius 1 is 1.00 bits per heavy atom. The molecular formula is C13H9ClF3N. The van der Waals surface area contributed by atoms with Gasteiger partial charge in [0.25, 0.3) is 0 Å². The van der Waals surface area contributed by atoms with Gasteiger partial charge in [-0.1, -0.05) is 23.7 Å². The number of halogens is 4. The third-order valence-electron chi connectivity index (χ3n) is 2.56. The van der Waals surface area contributed by atoms with Gasteiger partial charge in [0.2, 0.25) is 0 Å². The molecule has 0 aromatic heterocycles. The van der Waals surface area contributed by atoms with Crippen LogP contribution in [-0.4, -0.2) is 0 Å². The molecule has 2 aromatic carbocycles. The standard InChI is InChI=1S/C13H9ClF3N/c14-11-3-1-2-10(12(11)17)13(18)7-4-8(15)6-9(16)5-7/h1-6,13H,18H2. The summed E-state index contributed by atoms with van der Waals surface area (Å²) < 4.78 is 39.9. The van der Waals surface area contributed by atoms with Crippen LogP contribution in [0.3, 0.4) is 0 Å². The van der Waals surface area contributed by atoms with Gasteiger partial charge in [-0.25, -0.2) is 13.2 Å². The van der Waals surface area contributed by atoms with Crippen molar-refractivity contribution in [3.8, 4) is 0 Å². The Hall–Kier alpha value is -1.52. The molecule has 2 aromatic rings. The van der Waals surface area contributed by atoms with Crippen molar-refractivity contribution in [2.75, 3.05) is 0 Å². The largest absolute Gasteiger partial charge is 0.320 e. The fourth-order valence-corrected chi connectivity index (χ4v) is 1.88. The maximum atomic E-state index is 13.7. The first-order valence-corrected chi connectivity index (χ1v) is 5.52. The summed E-state index contributed by atoms with van der Waals surface area (Å²) >= 11 is 5.63. The van der Waals surface area contributed by atoms with E-state index in [0.29, 0.717) is 0 Å². The van der Waals surface area contributed by atoms with Crippen LogP contribution in [0, 0.1) is 17.5 Å². The van der Waals surface area contributed by atoms with Crippen molar-refractivity contribution in [2.45, 2.75) is 6.04 Å². The van der Waals surface area contributed by atoms with Crippen LogP contribution in [0.1, 0.15) is 17.2 Å². The van der Waals surface area contributed by atoms with Gasteiger partial charge in [-0.05, 0) is 23.8 Å². The number of rotatable bonds is 2. The van der Waals surface area contributed by atoms with Crippen molar-refractivity contribution in [3.63, 3.8) is 0 Å². The van der Waals surface area contributed by atoms with Crippen molar-refractivity contribution >= 4 is 11.6 Å². The molecule has 94 valence electrons. The molecule has 2 N–H and O–H groups in total. The SMILES string of the molecule is NC(c1cc(F)cc(F)c1)c1cccc(Cl)c1F. The Balaban J connectivity index is 2.47. The van der Waals surface area contributed by atoms with E-state index in [1.54, 1.807) is 0 Å². The molecule has 0 saturated heterocycles. The van der Waals surface area contributed by atoms with Gasteiger partial charge in [-0.15, -0.1) is 0 Å². The normalized spacial score (nSPS) is 12.5. The highest BCUT2D eigenvalue weighted by molar-refractivity contribution is 6.30. The average Bonchev–Trinajstić information content (AvgIpc) is 2.30. The lowest BCUT2D eigenvalue weighted by Gasteiger charge is -2.14. The smallest absolute Gasteiger partial charge is 0.146 e. The van der Waals surface area contributed by atoms with Gasteiger partial charge in [0, 0.05) is 11.6 Å². The van der Waals surface area contributed by atoms with Crippen LogP contribution in [0.25, 0.3) is 0 Å². The minimum atomic E-state index is -0.978. The van der Waals surface area contributed by atoms with E-state index in [0.717, 1.165) is 18.2 Å². The molecule has 0 heterocycles. The van der Waals surface area contributed by atoms with Gasteiger partial charge in [-0.3, -0.25) is 0 Å². The molecule has 5 heteroatoms. The maximum absolute atomic E-state index is 13.7. The summed E-state index contributed by atoms with van der Waals surface area (Å²) in [6, 6.07) is 6.20. The summed E-state index contributed by atoms with van der Waals surface area (Å²) in [4.78, 5) is 0. The van der Waals surface area contributed by atoms with Crippen LogP contribution in [-0.2, 0) is 0 Å². The molecule has 0 aliphatic rings. The first kappa shape index (κ1) is 12.9. The highest BCUT2D eigenvalue weighted by Gasteiger charge is 2.16. The Kier molecular flexibility index (Phi) is 3.59. The Bertz CT molecular complexity index is 566. The Labute approximate surface area is 107 Å². The molecule has 1 nitrogen and oxygen atoms in total. The second-order valence-corrected chi connectivity index (χ2v) is 4.23. The summed E-state index contributed by atoms with van der Waals surface area (Å²) in [6.07, 6.45) is 0. The summed E-state index contributed by atoms with van der Waals surface area (Å²) in [6.45, 7) is 0. The van der Waals surface area contributed by atoms with E-state index in [1.165, 1.54) is 18.2 Å². The molecule has 0 amide bonds. The van der Waals surface area contributed by atoms with Crippen LogP contribution in [0.4, 0.5) is 13.2 Å². The molecule has 0 bridgehead atoms. The first-order valence-electron chi connectivity index (χ1n) is 5.14. The highest BCUT2D eigenvalue weighted by atomic mass is 35.5. The van der Waals surface area contributed by atoms with E-state index in [1.807, 2.05) is 0 Å². The number of nitrogens with two attached hydrogens (primary N) is 1. The third-order valence-corrected chi connectivity index (χ3v) is 2.85. The Morgan fingerprint density at radius 2 is 1.61 bits per heavy atom. The lowest BCUT2D eigenvalue weighted by atomic mass is 9.99. The first-order chi connectivity index (χ1) is 8.49. The molecular weight excluding hydrogens is 263 g/mol. The summed E-state index contributed by atoms with van der Waals surface area (Å²) in [7, 11) is 0. The zero-order valence-electron chi connectivity index (χ0n) is 9.13. The summed E-state index contributed by atoms with van der Waals surface area (Å²) in [5.74, 6) is -2.21. The minimum absolute atomic E-state index is 0.0835. The molecule has 0 saturated carbocycles. The Morgan fingerprint density at radius 3 is 2.22 bits per heavy atom. The number of hydrogen-bond donors (Lipinski definition) is 1. The number of benzene rings is 2. The fourth-order valence-electron chi connectivity index (χ4n) is 1.69. The van der Waals surface area contributed by atoms with Crippen LogP contribution in [0.15, 0.2) is 36.4 Å². The summed E-state index contributed by atoms with van der Waals surface area (Å²) in [5.41, 5.74) is 6.03. The van der Waals surface area contributed by atoms with Crippen molar-refractivity contribution in [3.05, 3.63) is 70.0 Å². The van der Waals surface area contributed by atoms with Gasteiger partial charge in [0.05, 0.1) is 11.1 Å². The monoisotopic (exact) mass is 271 g/mol. The lowest BCUT2D eigenvalue weighted by molar-refractivity contribution is 0.572. The van der Waals surface area contributed by atoms with E-state index in [9.17, 15) is 13.2 Å². The molecule has 1 unspecified atom stereocenters. The number of hydrogen-bond acceptors (Lipinski definition) is 1. The van der Waals surface area contributed by atoms with Gasteiger partial charge in [0.1, 0.15) is 17.5 Å². The maximum Gasteiger partial charge on any atom is 0.146 e. The van der Waals surface area contributed by atoms with Gasteiger partial charge >= 0.3 is 0 Å². The van der Waals surface area contributed by atoms with E-state index < -0.39 is 23.5 Å². The van der Waals surface area contributed by atoms with E-state index in [2.05, 4.69) is 0 Å². The molecule has 2 rings (SSSR count). The second kappa shape index (κ2) is 5.00. The van der Waals surface area contributed by atoms with Gasteiger partial charge in [-0.2, -0.15) is 0 Å². The van der Waals surface area contributed by atoms with Crippen molar-refractivity contribution < 1.29 is 13.2 Å². The van der Waals surface area contributed by atoms with E-state index >= 15 is 0 Å². The van der Waals surface area contributed by atoms with Gasteiger partial charge in [0.15, 0.2) is 0 Å². The molecule has 18 heavy (non-hydrogen) atoms. The van der Waals surface area contributed by atoms with Gasteiger partial charge < -0.3 is 5.73 Å². The fraction of sp³-hybridized carbons (Fsp3) is 0.0769. The van der Waals surface area contributed by atoms with E-state index in [-0.39, 0.29) is 16.1 Å². The average molecular weight is 272 g/mol. The predicted molar refractivity (Wildman–Crippen MR) is 63.8 cm³/mol. The third kappa shape index (κ3) is 2.49. The van der Waals surface area contributed by atoms with Crippen molar-refractivity contribution in [1.29, 1.82) is 0 Å². The van der Waals surface area contributed by atoms with Crippen molar-refractivity contribution in [1.82, 2.24) is 0 Å². The molecule has 0 spiro atoms. The minimum Gasteiger partial charge on any atom is -0.320 e. The second-order valence-electron chi connectivity index (χ2n) is 3.82. The zero-order chi connectivity index (χ0) is 13.3. The topological polar surface area (TPSA) is 26.0 Å². The van der Waals surface area contributed by atoms with Crippen LogP contribution < -0.4 is 5.73 Å². The zero-order valence-corrected chi connectivity index (χ0v) is 9.89. The molecule has 0 aliphatic carbocycles. The molecule has 1 atom stereocenters. The molecule has 0 fully saturated rings. The summed E-state index contributed by atoms with van der Waals surface area (Å²) in [5, 5.41) is -0.0835.